The van der Waals surface area contributed by atoms with Gasteiger partial charge in [0.2, 0.25) is 0 Å². The minimum atomic E-state index is -0.230. The van der Waals surface area contributed by atoms with Gasteiger partial charge in [0, 0.05) is 18.2 Å². The van der Waals surface area contributed by atoms with Crippen LogP contribution in [0.4, 0.5) is 4.39 Å². The van der Waals surface area contributed by atoms with Crippen LogP contribution < -0.4 is 0 Å². The third-order valence-corrected chi connectivity index (χ3v) is 1.83. The van der Waals surface area contributed by atoms with Crippen molar-refractivity contribution in [1.29, 1.82) is 0 Å². The Bertz CT molecular complexity index is 303. The summed E-state index contributed by atoms with van der Waals surface area (Å²) in [7, 11) is 0. The number of benzene rings is 1. The fraction of sp³-hybridized carbons (Fsp3) is 0.222. The highest BCUT2D eigenvalue weighted by molar-refractivity contribution is 5.59. The maximum absolute atomic E-state index is 13.1. The number of oxime groups is 1. The summed E-state index contributed by atoms with van der Waals surface area (Å²) in [6.45, 7) is 0. The molecule has 0 amide bonds. The Labute approximate surface area is 69.6 Å². The molecule has 3 heteroatoms. The van der Waals surface area contributed by atoms with Crippen LogP contribution >= 0.6 is 0 Å². The molecule has 2 rings (SSSR count). The molecule has 0 spiro atoms. The first-order valence-corrected chi connectivity index (χ1v) is 3.80. The molecule has 0 aromatic heterocycles. The summed E-state index contributed by atoms with van der Waals surface area (Å²) < 4.78 is 13.1. The molecular weight excluding hydrogens is 157 g/mol. The van der Waals surface area contributed by atoms with Gasteiger partial charge in [0.25, 0.3) is 0 Å². The van der Waals surface area contributed by atoms with E-state index in [0.29, 0.717) is 12.0 Å². The lowest BCUT2D eigenvalue weighted by atomic mass is 10.1. The summed E-state index contributed by atoms with van der Waals surface area (Å²) in [4.78, 5) is 4.95. The van der Waals surface area contributed by atoms with Crippen LogP contribution in [0, 0.1) is 5.82 Å². The Hall–Kier alpha value is -1.38. The summed E-state index contributed by atoms with van der Waals surface area (Å²) in [6, 6.07) is 6.60. The molecule has 1 unspecified atom stereocenters. The van der Waals surface area contributed by atoms with Gasteiger partial charge in [0.15, 0.2) is 6.10 Å². The number of hydrogen-bond donors (Lipinski definition) is 0. The van der Waals surface area contributed by atoms with Gasteiger partial charge in [-0.1, -0.05) is 23.4 Å². The first-order valence-electron chi connectivity index (χ1n) is 3.80. The highest BCUT2D eigenvalue weighted by atomic mass is 19.1. The van der Waals surface area contributed by atoms with Crippen molar-refractivity contribution in [3.05, 3.63) is 35.6 Å². The van der Waals surface area contributed by atoms with Crippen LogP contribution in [0.5, 0.6) is 0 Å². The first-order chi connectivity index (χ1) is 5.88. The van der Waals surface area contributed by atoms with Gasteiger partial charge < -0.3 is 4.84 Å². The van der Waals surface area contributed by atoms with Crippen LogP contribution in [-0.2, 0) is 4.84 Å². The van der Waals surface area contributed by atoms with E-state index in [4.69, 9.17) is 4.84 Å². The molecule has 1 aliphatic heterocycles. The lowest BCUT2D eigenvalue weighted by Crippen LogP contribution is -1.98. The average molecular weight is 165 g/mol. The molecule has 1 aliphatic rings. The average Bonchev–Trinajstić information content (AvgIpc) is 2.57. The minimum absolute atomic E-state index is 0.229. The lowest BCUT2D eigenvalue weighted by Gasteiger charge is -2.08. The largest absolute Gasteiger partial charge is 0.387 e. The molecule has 0 saturated heterocycles. The van der Waals surface area contributed by atoms with E-state index >= 15 is 0 Å². The smallest absolute Gasteiger partial charge is 0.160 e. The molecule has 0 N–H and O–H groups in total. The third kappa shape index (κ3) is 1.18. The van der Waals surface area contributed by atoms with Crippen molar-refractivity contribution >= 4 is 6.21 Å². The molecule has 2 nitrogen and oxygen atoms in total. The Morgan fingerprint density at radius 1 is 1.42 bits per heavy atom. The molecule has 62 valence electrons. The summed E-state index contributed by atoms with van der Waals surface area (Å²) in [5.41, 5.74) is 0.579. The summed E-state index contributed by atoms with van der Waals surface area (Å²) in [5.74, 6) is -0.229. The molecule has 1 atom stereocenters. The summed E-state index contributed by atoms with van der Waals surface area (Å²) >= 11 is 0. The molecular formula is C9H8FNO. The normalized spacial score (nSPS) is 20.9. The van der Waals surface area contributed by atoms with E-state index in [2.05, 4.69) is 5.16 Å². The second-order valence-corrected chi connectivity index (χ2v) is 2.64. The monoisotopic (exact) mass is 165 g/mol. The Balaban J connectivity index is 2.27. The van der Waals surface area contributed by atoms with Crippen LogP contribution in [0.3, 0.4) is 0 Å². The van der Waals surface area contributed by atoms with E-state index in [-0.39, 0.29) is 11.9 Å². The van der Waals surface area contributed by atoms with Crippen molar-refractivity contribution in [1.82, 2.24) is 0 Å². The second-order valence-electron chi connectivity index (χ2n) is 2.64. The zero-order chi connectivity index (χ0) is 8.39. The van der Waals surface area contributed by atoms with E-state index in [9.17, 15) is 4.39 Å². The van der Waals surface area contributed by atoms with E-state index in [1.54, 1.807) is 24.4 Å². The standard InChI is InChI=1S/C9H8FNO/c10-8-4-2-1-3-7(8)9-5-6-11-12-9/h1-4,6,9H,5H2. The van der Waals surface area contributed by atoms with E-state index < -0.39 is 0 Å². The fourth-order valence-corrected chi connectivity index (χ4v) is 1.22. The number of nitrogens with zero attached hydrogens (tertiary/aromatic N) is 1. The van der Waals surface area contributed by atoms with Gasteiger partial charge in [-0.15, -0.1) is 0 Å². The SMILES string of the molecule is Fc1ccccc1C1CC=NO1. The molecule has 12 heavy (non-hydrogen) atoms. The Morgan fingerprint density at radius 3 is 2.92 bits per heavy atom. The quantitative estimate of drug-likeness (QED) is 0.625. The maximum Gasteiger partial charge on any atom is 0.160 e. The predicted octanol–water partition coefficient (Wildman–Crippen LogP) is 2.27. The zero-order valence-electron chi connectivity index (χ0n) is 6.40. The Kier molecular flexibility index (Phi) is 1.78. The maximum atomic E-state index is 13.1. The van der Waals surface area contributed by atoms with Gasteiger partial charge >= 0.3 is 0 Å². The molecule has 0 radical (unpaired) electrons. The fourth-order valence-electron chi connectivity index (χ4n) is 1.22. The van der Waals surface area contributed by atoms with Gasteiger partial charge in [0.05, 0.1) is 0 Å². The van der Waals surface area contributed by atoms with Crippen LogP contribution in [0.15, 0.2) is 29.4 Å². The molecule has 0 bridgehead atoms. The van der Waals surface area contributed by atoms with Gasteiger partial charge in [-0.3, -0.25) is 0 Å². The van der Waals surface area contributed by atoms with Crippen LogP contribution in [0.25, 0.3) is 0 Å². The van der Waals surface area contributed by atoms with Crippen LogP contribution in [-0.4, -0.2) is 6.21 Å². The minimum Gasteiger partial charge on any atom is -0.387 e. The molecule has 1 aromatic carbocycles. The van der Waals surface area contributed by atoms with E-state index in [1.165, 1.54) is 6.07 Å². The zero-order valence-corrected chi connectivity index (χ0v) is 6.40. The van der Waals surface area contributed by atoms with E-state index in [1.807, 2.05) is 0 Å². The van der Waals surface area contributed by atoms with Crippen molar-refractivity contribution in [2.75, 3.05) is 0 Å². The second kappa shape index (κ2) is 2.93. The lowest BCUT2D eigenvalue weighted by molar-refractivity contribution is 0.0830. The van der Waals surface area contributed by atoms with Gasteiger partial charge in [-0.05, 0) is 6.07 Å². The predicted molar refractivity (Wildman–Crippen MR) is 43.3 cm³/mol. The molecule has 0 fully saturated rings. The highest BCUT2D eigenvalue weighted by Gasteiger charge is 2.18. The molecule has 1 aromatic rings. The summed E-state index contributed by atoms with van der Waals surface area (Å²) in [5, 5.41) is 3.59. The van der Waals surface area contributed by atoms with Crippen molar-refractivity contribution in [2.45, 2.75) is 12.5 Å². The molecule has 1 heterocycles. The van der Waals surface area contributed by atoms with Gasteiger partial charge in [-0.25, -0.2) is 4.39 Å². The number of halogens is 1. The highest BCUT2D eigenvalue weighted by Crippen LogP contribution is 2.25. The van der Waals surface area contributed by atoms with Crippen molar-refractivity contribution in [3.8, 4) is 0 Å². The van der Waals surface area contributed by atoms with Crippen molar-refractivity contribution in [3.63, 3.8) is 0 Å². The van der Waals surface area contributed by atoms with Crippen molar-refractivity contribution in [2.24, 2.45) is 5.16 Å². The molecule has 0 aliphatic carbocycles. The third-order valence-electron chi connectivity index (χ3n) is 1.83. The summed E-state index contributed by atoms with van der Waals surface area (Å²) in [6.07, 6.45) is 2.07. The van der Waals surface area contributed by atoms with Gasteiger partial charge in [0.1, 0.15) is 5.82 Å². The number of hydrogen-bond acceptors (Lipinski definition) is 2. The number of rotatable bonds is 1. The topological polar surface area (TPSA) is 21.6 Å². The first kappa shape index (κ1) is 7.28. The Morgan fingerprint density at radius 2 is 2.25 bits per heavy atom. The van der Waals surface area contributed by atoms with Crippen molar-refractivity contribution < 1.29 is 9.23 Å². The van der Waals surface area contributed by atoms with Crippen LogP contribution in [0.1, 0.15) is 18.1 Å². The van der Waals surface area contributed by atoms with Gasteiger partial charge in [-0.2, -0.15) is 0 Å². The van der Waals surface area contributed by atoms with Crippen LogP contribution in [0.2, 0.25) is 0 Å². The molecule has 0 saturated carbocycles. The van der Waals surface area contributed by atoms with E-state index in [0.717, 1.165) is 0 Å².